The van der Waals surface area contributed by atoms with E-state index >= 15 is 0 Å². The van der Waals surface area contributed by atoms with Gasteiger partial charge in [-0.2, -0.15) is 8.78 Å². The van der Waals surface area contributed by atoms with Crippen LogP contribution in [0.2, 0.25) is 0 Å². The summed E-state index contributed by atoms with van der Waals surface area (Å²) in [5.41, 5.74) is 1.48. The van der Waals surface area contributed by atoms with Gasteiger partial charge in [0.05, 0.1) is 44.2 Å². The number of amides is 1. The van der Waals surface area contributed by atoms with Crippen LogP contribution in [-0.2, 0) is 6.54 Å². The highest BCUT2D eigenvalue weighted by Gasteiger charge is 2.37. The summed E-state index contributed by atoms with van der Waals surface area (Å²) in [5.74, 6) is -2.56. The SMILES string of the molecule is CCOc1ccccc1C(=O)NCc1coc(-c2c(OC)c(F)c(F)c(OC)c2C2CC2)n1. The van der Waals surface area contributed by atoms with Crippen molar-refractivity contribution in [1.82, 2.24) is 10.3 Å². The highest BCUT2D eigenvalue weighted by atomic mass is 19.2. The van der Waals surface area contributed by atoms with Crippen molar-refractivity contribution in [3.8, 4) is 28.7 Å². The van der Waals surface area contributed by atoms with Crippen LogP contribution in [0.25, 0.3) is 11.5 Å². The largest absolute Gasteiger partial charge is 0.493 e. The first-order valence-corrected chi connectivity index (χ1v) is 10.6. The van der Waals surface area contributed by atoms with Crippen LogP contribution >= 0.6 is 0 Å². The molecule has 1 N–H and O–H groups in total. The number of carbonyl (C=O) groups excluding carboxylic acids is 1. The average molecular weight is 458 g/mol. The van der Waals surface area contributed by atoms with Gasteiger partial charge in [-0.1, -0.05) is 12.1 Å². The Morgan fingerprint density at radius 2 is 1.85 bits per heavy atom. The van der Waals surface area contributed by atoms with Crippen molar-refractivity contribution >= 4 is 5.91 Å². The van der Waals surface area contributed by atoms with Gasteiger partial charge in [0.25, 0.3) is 5.91 Å². The maximum Gasteiger partial charge on any atom is 0.255 e. The van der Waals surface area contributed by atoms with Crippen LogP contribution in [-0.4, -0.2) is 31.7 Å². The number of hydrogen-bond acceptors (Lipinski definition) is 6. The normalized spacial score (nSPS) is 13.0. The molecule has 1 amide bonds. The third-order valence-electron chi connectivity index (χ3n) is 5.35. The molecule has 0 aliphatic heterocycles. The van der Waals surface area contributed by atoms with E-state index in [1.54, 1.807) is 24.3 Å². The number of oxazole rings is 1. The summed E-state index contributed by atoms with van der Waals surface area (Å²) in [4.78, 5) is 17.0. The van der Waals surface area contributed by atoms with Gasteiger partial charge in [-0.05, 0) is 37.8 Å². The van der Waals surface area contributed by atoms with E-state index in [0.29, 0.717) is 29.2 Å². The first-order chi connectivity index (χ1) is 16.0. The standard InChI is InChI=1S/C24H24F2N2O5/c1-4-32-16-8-6-5-7-15(16)23(29)27-11-14-12-33-24(28-14)18-17(13-9-10-13)21(30-2)19(25)20(26)22(18)31-3/h5-8,12-13H,4,9-11H2,1-3H3,(H,27,29). The maximum atomic E-state index is 14.7. The molecule has 0 atom stereocenters. The Morgan fingerprint density at radius 3 is 2.52 bits per heavy atom. The van der Waals surface area contributed by atoms with E-state index in [0.717, 1.165) is 12.8 Å². The van der Waals surface area contributed by atoms with Gasteiger partial charge in [0.2, 0.25) is 17.5 Å². The van der Waals surface area contributed by atoms with Gasteiger partial charge in [-0.3, -0.25) is 4.79 Å². The van der Waals surface area contributed by atoms with Crippen LogP contribution < -0.4 is 19.5 Å². The predicted octanol–water partition coefficient (Wildman–Crippen LogP) is 4.84. The van der Waals surface area contributed by atoms with Crippen molar-refractivity contribution in [3.63, 3.8) is 0 Å². The molecule has 1 heterocycles. The minimum atomic E-state index is -1.17. The molecule has 2 aromatic carbocycles. The summed E-state index contributed by atoms with van der Waals surface area (Å²) in [7, 11) is 2.54. The number of halogens is 2. The van der Waals surface area contributed by atoms with Gasteiger partial charge >= 0.3 is 0 Å². The topological polar surface area (TPSA) is 82.8 Å². The van der Waals surface area contributed by atoms with Crippen molar-refractivity contribution < 1.29 is 32.2 Å². The number of ether oxygens (including phenoxy) is 3. The highest BCUT2D eigenvalue weighted by Crippen LogP contribution is 2.53. The summed E-state index contributed by atoms with van der Waals surface area (Å²) in [5, 5.41) is 2.77. The van der Waals surface area contributed by atoms with Crippen LogP contribution in [0.5, 0.6) is 17.2 Å². The van der Waals surface area contributed by atoms with E-state index in [9.17, 15) is 13.6 Å². The van der Waals surface area contributed by atoms with Gasteiger partial charge in [-0.25, -0.2) is 4.98 Å². The zero-order chi connectivity index (χ0) is 23.5. The summed E-state index contributed by atoms with van der Waals surface area (Å²) >= 11 is 0. The Balaban J connectivity index is 1.62. The number of rotatable bonds is 9. The fraction of sp³-hybridized carbons (Fsp3) is 0.333. The first-order valence-electron chi connectivity index (χ1n) is 10.6. The van der Waals surface area contributed by atoms with Crippen molar-refractivity contribution in [2.24, 2.45) is 0 Å². The van der Waals surface area contributed by atoms with Gasteiger partial charge in [-0.15, -0.1) is 0 Å². The molecular weight excluding hydrogens is 434 g/mol. The smallest absolute Gasteiger partial charge is 0.255 e. The zero-order valence-electron chi connectivity index (χ0n) is 18.5. The third kappa shape index (κ3) is 4.35. The van der Waals surface area contributed by atoms with Gasteiger partial charge < -0.3 is 23.9 Å². The first kappa shape index (κ1) is 22.6. The Hall–Kier alpha value is -3.62. The Labute approximate surface area is 189 Å². The summed E-state index contributed by atoms with van der Waals surface area (Å²) in [6.45, 7) is 2.33. The fourth-order valence-corrected chi connectivity index (χ4v) is 3.73. The number of para-hydroxylation sites is 1. The Morgan fingerprint density at radius 1 is 1.15 bits per heavy atom. The van der Waals surface area contributed by atoms with Crippen molar-refractivity contribution in [1.29, 1.82) is 0 Å². The van der Waals surface area contributed by atoms with Gasteiger partial charge in [0.1, 0.15) is 12.0 Å². The number of nitrogens with one attached hydrogen (secondary N) is 1. The molecule has 1 fully saturated rings. The monoisotopic (exact) mass is 458 g/mol. The van der Waals surface area contributed by atoms with Crippen LogP contribution in [0.3, 0.4) is 0 Å². The molecule has 174 valence electrons. The number of nitrogens with zero attached hydrogens (tertiary/aromatic N) is 1. The van der Waals surface area contributed by atoms with Crippen LogP contribution in [0.1, 0.15) is 47.3 Å². The number of benzene rings is 2. The van der Waals surface area contributed by atoms with Crippen LogP contribution in [0.4, 0.5) is 8.78 Å². The second-order valence-corrected chi connectivity index (χ2v) is 7.51. The van der Waals surface area contributed by atoms with Crippen LogP contribution in [0, 0.1) is 11.6 Å². The van der Waals surface area contributed by atoms with Crippen molar-refractivity contribution in [2.45, 2.75) is 32.2 Å². The van der Waals surface area contributed by atoms with Gasteiger partial charge in [0, 0.05) is 5.56 Å². The van der Waals surface area contributed by atoms with E-state index in [4.69, 9.17) is 18.6 Å². The molecule has 0 saturated heterocycles. The molecule has 0 unspecified atom stereocenters. The molecular formula is C24H24F2N2O5. The summed E-state index contributed by atoms with van der Waals surface area (Å²) in [6.07, 6.45) is 2.97. The molecule has 7 nitrogen and oxygen atoms in total. The number of carbonyl (C=O) groups is 1. The zero-order valence-corrected chi connectivity index (χ0v) is 18.5. The van der Waals surface area contributed by atoms with E-state index in [2.05, 4.69) is 10.3 Å². The lowest BCUT2D eigenvalue weighted by molar-refractivity contribution is 0.0946. The lowest BCUT2D eigenvalue weighted by Crippen LogP contribution is -2.23. The molecule has 3 aromatic rings. The average Bonchev–Trinajstić information content (AvgIpc) is 3.56. The number of aromatic nitrogens is 1. The van der Waals surface area contributed by atoms with Crippen molar-refractivity contribution in [2.75, 3.05) is 20.8 Å². The highest BCUT2D eigenvalue weighted by molar-refractivity contribution is 5.96. The van der Waals surface area contributed by atoms with Crippen molar-refractivity contribution in [3.05, 3.63) is 59.0 Å². The molecule has 1 aliphatic carbocycles. The molecule has 9 heteroatoms. The minimum Gasteiger partial charge on any atom is -0.493 e. The molecule has 0 bridgehead atoms. The molecule has 1 aromatic heterocycles. The van der Waals surface area contributed by atoms with E-state index in [1.807, 2.05) is 6.92 Å². The second-order valence-electron chi connectivity index (χ2n) is 7.51. The van der Waals surface area contributed by atoms with Gasteiger partial charge in [0.15, 0.2) is 11.5 Å². The lowest BCUT2D eigenvalue weighted by atomic mass is 9.99. The maximum absolute atomic E-state index is 14.7. The molecule has 1 aliphatic rings. The molecule has 0 spiro atoms. The summed E-state index contributed by atoms with van der Waals surface area (Å²) < 4.78 is 50.7. The van der Waals surface area contributed by atoms with E-state index < -0.39 is 11.6 Å². The third-order valence-corrected chi connectivity index (χ3v) is 5.35. The minimum absolute atomic E-state index is 0.0101. The number of hydrogen-bond donors (Lipinski definition) is 1. The van der Waals surface area contributed by atoms with E-state index in [1.165, 1.54) is 20.5 Å². The number of methoxy groups -OCH3 is 2. The van der Waals surface area contributed by atoms with Crippen LogP contribution in [0.15, 0.2) is 34.9 Å². The van der Waals surface area contributed by atoms with E-state index in [-0.39, 0.29) is 41.3 Å². The molecule has 0 radical (unpaired) electrons. The molecule has 33 heavy (non-hydrogen) atoms. The Kier molecular flexibility index (Phi) is 6.48. The molecule has 4 rings (SSSR count). The Bertz CT molecular complexity index is 1170. The second kappa shape index (κ2) is 9.48. The lowest BCUT2D eigenvalue weighted by Gasteiger charge is -2.17. The predicted molar refractivity (Wildman–Crippen MR) is 116 cm³/mol. The fourth-order valence-electron chi connectivity index (χ4n) is 3.73. The quantitative estimate of drug-likeness (QED) is 0.494. The molecule has 1 saturated carbocycles. The summed E-state index contributed by atoms with van der Waals surface area (Å²) in [6, 6.07) is 6.91.